The molecule has 2 aromatic heterocycles. The standard InChI is InChI=1S/C27H28N4OS/c1-20-9-11-23(12-10-20)31-25(18-24(29-31)26-8-5-17-33-26)27(32)28-22-13-15-30(16-14-22)19-21-6-3-2-4-7-21/h2-12,17-18,22H,13-16,19H2,1H3,(H,28,32). The third-order valence-electron chi connectivity index (χ3n) is 6.17. The van der Waals surface area contributed by atoms with Crippen molar-refractivity contribution in [1.82, 2.24) is 20.0 Å². The van der Waals surface area contributed by atoms with E-state index in [1.807, 2.05) is 47.8 Å². The molecule has 1 amide bonds. The maximum absolute atomic E-state index is 13.3. The number of hydrogen-bond acceptors (Lipinski definition) is 4. The maximum atomic E-state index is 13.3. The van der Waals surface area contributed by atoms with Crippen LogP contribution in [-0.2, 0) is 6.54 Å². The predicted octanol–water partition coefficient (Wildman–Crippen LogP) is 5.30. The van der Waals surface area contributed by atoms with E-state index in [1.54, 1.807) is 16.0 Å². The number of aryl methyl sites for hydroxylation is 1. The van der Waals surface area contributed by atoms with E-state index < -0.39 is 0 Å². The van der Waals surface area contributed by atoms with E-state index in [4.69, 9.17) is 5.10 Å². The minimum absolute atomic E-state index is 0.0626. The SMILES string of the molecule is Cc1ccc(-n2nc(-c3cccs3)cc2C(=O)NC2CCN(Cc3ccccc3)CC2)cc1. The summed E-state index contributed by atoms with van der Waals surface area (Å²) in [5, 5.41) is 10.1. The van der Waals surface area contributed by atoms with E-state index in [1.165, 1.54) is 11.1 Å². The number of hydrogen-bond donors (Lipinski definition) is 1. The summed E-state index contributed by atoms with van der Waals surface area (Å²) >= 11 is 1.63. The quantitative estimate of drug-likeness (QED) is 0.428. The van der Waals surface area contributed by atoms with Crippen LogP contribution in [0.1, 0.15) is 34.5 Å². The van der Waals surface area contributed by atoms with Crippen LogP contribution in [0.2, 0.25) is 0 Å². The lowest BCUT2D eigenvalue weighted by atomic mass is 10.0. The van der Waals surface area contributed by atoms with Crippen molar-refractivity contribution >= 4 is 17.2 Å². The largest absolute Gasteiger partial charge is 0.348 e. The Bertz CT molecular complexity index is 1190. The zero-order valence-electron chi connectivity index (χ0n) is 18.8. The smallest absolute Gasteiger partial charge is 0.270 e. The molecule has 5 rings (SSSR count). The summed E-state index contributed by atoms with van der Waals surface area (Å²) in [7, 11) is 0. The normalized spacial score (nSPS) is 14.9. The minimum Gasteiger partial charge on any atom is -0.348 e. The number of benzene rings is 2. The van der Waals surface area contributed by atoms with Gasteiger partial charge in [-0.15, -0.1) is 11.3 Å². The molecule has 33 heavy (non-hydrogen) atoms. The van der Waals surface area contributed by atoms with Gasteiger partial charge in [0.1, 0.15) is 11.4 Å². The van der Waals surface area contributed by atoms with Crippen LogP contribution in [0, 0.1) is 6.92 Å². The molecule has 6 heteroatoms. The summed E-state index contributed by atoms with van der Waals surface area (Å²) < 4.78 is 1.77. The average Bonchev–Trinajstić information content (AvgIpc) is 3.52. The molecule has 0 radical (unpaired) electrons. The first-order valence-electron chi connectivity index (χ1n) is 11.4. The monoisotopic (exact) mass is 456 g/mol. The lowest BCUT2D eigenvalue weighted by molar-refractivity contribution is 0.0901. The van der Waals surface area contributed by atoms with Gasteiger partial charge in [-0.25, -0.2) is 4.68 Å². The third-order valence-corrected chi connectivity index (χ3v) is 7.06. The summed E-state index contributed by atoms with van der Waals surface area (Å²) in [5.74, 6) is -0.0626. The average molecular weight is 457 g/mol. The molecule has 0 spiro atoms. The van der Waals surface area contributed by atoms with Gasteiger partial charge in [-0.1, -0.05) is 54.1 Å². The number of carbonyl (C=O) groups excluding carboxylic acids is 1. The Kier molecular flexibility index (Phi) is 6.37. The van der Waals surface area contributed by atoms with Gasteiger partial charge in [-0.05, 0) is 55.0 Å². The molecule has 0 bridgehead atoms. The van der Waals surface area contributed by atoms with Gasteiger partial charge in [0.2, 0.25) is 0 Å². The molecular formula is C27H28N4OS. The van der Waals surface area contributed by atoms with Gasteiger partial charge in [-0.2, -0.15) is 5.10 Å². The van der Waals surface area contributed by atoms with Gasteiger partial charge < -0.3 is 5.32 Å². The highest BCUT2D eigenvalue weighted by atomic mass is 32.1. The van der Waals surface area contributed by atoms with Crippen molar-refractivity contribution in [3.8, 4) is 16.3 Å². The number of nitrogens with zero attached hydrogens (tertiary/aromatic N) is 3. The van der Waals surface area contributed by atoms with Crippen molar-refractivity contribution in [2.75, 3.05) is 13.1 Å². The summed E-state index contributed by atoms with van der Waals surface area (Å²) in [6.45, 7) is 4.99. The van der Waals surface area contributed by atoms with Crippen molar-refractivity contribution < 1.29 is 4.79 Å². The Labute approximate surface area is 198 Å². The number of thiophene rings is 1. The number of carbonyl (C=O) groups is 1. The molecule has 168 valence electrons. The summed E-state index contributed by atoms with van der Waals surface area (Å²) in [4.78, 5) is 16.9. The fourth-order valence-electron chi connectivity index (χ4n) is 4.31. The molecule has 4 aromatic rings. The summed E-state index contributed by atoms with van der Waals surface area (Å²) in [6, 6.07) is 24.8. The molecule has 5 nitrogen and oxygen atoms in total. The van der Waals surface area contributed by atoms with E-state index in [-0.39, 0.29) is 11.9 Å². The topological polar surface area (TPSA) is 50.2 Å². The molecule has 3 heterocycles. The van der Waals surface area contributed by atoms with Crippen molar-refractivity contribution in [3.63, 3.8) is 0 Å². The molecule has 1 saturated heterocycles. The number of nitrogens with one attached hydrogen (secondary N) is 1. The zero-order chi connectivity index (χ0) is 22.6. The Hall–Kier alpha value is -3.22. The second kappa shape index (κ2) is 9.73. The lowest BCUT2D eigenvalue weighted by Crippen LogP contribution is -2.44. The highest BCUT2D eigenvalue weighted by Gasteiger charge is 2.24. The second-order valence-electron chi connectivity index (χ2n) is 8.65. The molecular weight excluding hydrogens is 428 g/mol. The zero-order valence-corrected chi connectivity index (χ0v) is 19.6. The number of aromatic nitrogens is 2. The first kappa shape index (κ1) is 21.6. The molecule has 1 aliphatic heterocycles. The highest BCUT2D eigenvalue weighted by Crippen LogP contribution is 2.26. The maximum Gasteiger partial charge on any atom is 0.270 e. The van der Waals surface area contributed by atoms with Crippen LogP contribution in [0.15, 0.2) is 78.2 Å². The number of amides is 1. The van der Waals surface area contributed by atoms with E-state index in [0.29, 0.717) is 5.69 Å². The van der Waals surface area contributed by atoms with Crippen LogP contribution in [0.25, 0.3) is 16.3 Å². The Morgan fingerprint density at radius 3 is 2.48 bits per heavy atom. The molecule has 0 unspecified atom stereocenters. The fourth-order valence-corrected chi connectivity index (χ4v) is 4.99. The van der Waals surface area contributed by atoms with E-state index >= 15 is 0 Å². The molecule has 1 N–H and O–H groups in total. The number of rotatable bonds is 6. The fraction of sp³-hybridized carbons (Fsp3) is 0.259. The molecule has 1 fully saturated rings. The molecule has 2 aromatic carbocycles. The van der Waals surface area contributed by atoms with E-state index in [9.17, 15) is 4.79 Å². The van der Waals surface area contributed by atoms with Gasteiger partial charge in [-0.3, -0.25) is 9.69 Å². The van der Waals surface area contributed by atoms with E-state index in [2.05, 4.69) is 47.5 Å². The van der Waals surface area contributed by atoms with Crippen LogP contribution >= 0.6 is 11.3 Å². The molecule has 0 saturated carbocycles. The number of piperidine rings is 1. The minimum atomic E-state index is -0.0626. The summed E-state index contributed by atoms with van der Waals surface area (Å²) in [6.07, 6.45) is 1.91. The Balaban J connectivity index is 1.29. The van der Waals surface area contributed by atoms with Crippen molar-refractivity contribution in [2.24, 2.45) is 0 Å². The van der Waals surface area contributed by atoms with Gasteiger partial charge >= 0.3 is 0 Å². The lowest BCUT2D eigenvalue weighted by Gasteiger charge is -2.32. The molecule has 0 aliphatic carbocycles. The van der Waals surface area contributed by atoms with Gasteiger partial charge in [0.05, 0.1) is 10.6 Å². The first-order valence-corrected chi connectivity index (χ1v) is 12.3. The second-order valence-corrected chi connectivity index (χ2v) is 9.60. The van der Waals surface area contributed by atoms with Gasteiger partial charge in [0.15, 0.2) is 0 Å². The first-order chi connectivity index (χ1) is 16.2. The predicted molar refractivity (Wildman–Crippen MR) is 134 cm³/mol. The van der Waals surface area contributed by atoms with E-state index in [0.717, 1.165) is 48.7 Å². The molecule has 0 atom stereocenters. The van der Waals surface area contributed by atoms with Crippen LogP contribution in [0.4, 0.5) is 0 Å². The van der Waals surface area contributed by atoms with Crippen molar-refractivity contribution in [1.29, 1.82) is 0 Å². The van der Waals surface area contributed by atoms with Crippen LogP contribution in [-0.4, -0.2) is 39.7 Å². The third kappa shape index (κ3) is 5.07. The van der Waals surface area contributed by atoms with Crippen LogP contribution in [0.3, 0.4) is 0 Å². The highest BCUT2D eigenvalue weighted by molar-refractivity contribution is 7.13. The van der Waals surface area contributed by atoms with Gasteiger partial charge in [0.25, 0.3) is 5.91 Å². The van der Waals surface area contributed by atoms with Crippen molar-refractivity contribution in [3.05, 3.63) is 95.0 Å². The Morgan fingerprint density at radius 1 is 1.03 bits per heavy atom. The van der Waals surface area contributed by atoms with Gasteiger partial charge in [0, 0.05) is 25.7 Å². The molecule has 1 aliphatic rings. The van der Waals surface area contributed by atoms with Crippen LogP contribution < -0.4 is 5.32 Å². The van der Waals surface area contributed by atoms with Crippen molar-refractivity contribution in [2.45, 2.75) is 32.4 Å². The summed E-state index contributed by atoms with van der Waals surface area (Å²) in [5.41, 5.74) is 4.81. The van der Waals surface area contributed by atoms with Crippen LogP contribution in [0.5, 0.6) is 0 Å². The Morgan fingerprint density at radius 2 is 1.79 bits per heavy atom. The number of likely N-dealkylation sites (tertiary alicyclic amines) is 1.